The summed E-state index contributed by atoms with van der Waals surface area (Å²) in [6, 6.07) is 23.5. The van der Waals surface area contributed by atoms with Crippen LogP contribution in [-0.4, -0.2) is 5.78 Å². The highest BCUT2D eigenvalue weighted by Crippen LogP contribution is 2.32. The topological polar surface area (TPSA) is 40.9 Å². The van der Waals surface area contributed by atoms with E-state index in [4.69, 9.17) is 23.2 Å². The monoisotopic (exact) mass is 365 g/mol. The minimum absolute atomic E-state index is 0.0508. The van der Waals surface area contributed by atoms with Gasteiger partial charge in [0.2, 0.25) is 0 Å². The van der Waals surface area contributed by atoms with Crippen LogP contribution < -0.4 is 0 Å². The van der Waals surface area contributed by atoms with Gasteiger partial charge in [0, 0.05) is 21.2 Å². The molecule has 0 aliphatic heterocycles. The van der Waals surface area contributed by atoms with Crippen LogP contribution in [-0.2, 0) is 0 Å². The number of nitriles is 1. The normalized spacial score (nSPS) is 11.6. The van der Waals surface area contributed by atoms with E-state index in [0.717, 1.165) is 5.56 Å². The Morgan fingerprint density at radius 3 is 2.12 bits per heavy atom. The van der Waals surface area contributed by atoms with Crippen molar-refractivity contribution in [3.8, 4) is 6.07 Å². The van der Waals surface area contributed by atoms with Gasteiger partial charge in [0.25, 0.3) is 0 Å². The lowest BCUT2D eigenvalue weighted by Crippen LogP contribution is -2.03. The average molecular weight is 366 g/mol. The van der Waals surface area contributed by atoms with Gasteiger partial charge in [-0.15, -0.1) is 0 Å². The van der Waals surface area contributed by atoms with Gasteiger partial charge in [-0.2, -0.15) is 5.26 Å². The van der Waals surface area contributed by atoms with Gasteiger partial charge in [-0.3, -0.25) is 4.79 Å². The number of benzene rings is 3. The van der Waals surface area contributed by atoms with E-state index >= 15 is 0 Å². The number of hydrogen-bond acceptors (Lipinski definition) is 2. The zero-order valence-corrected chi connectivity index (χ0v) is 14.6. The number of carbonyl (C=O) groups excluding carboxylic acids is 1. The molecule has 3 aromatic carbocycles. The molecule has 0 aliphatic rings. The van der Waals surface area contributed by atoms with Crippen molar-refractivity contribution in [3.63, 3.8) is 0 Å². The maximum absolute atomic E-state index is 12.5. The molecular formula is C21H13Cl2NO. The average Bonchev–Trinajstić information content (AvgIpc) is 2.65. The Balaban J connectivity index is 1.91. The van der Waals surface area contributed by atoms with Crippen LogP contribution in [0.2, 0.25) is 10.0 Å². The predicted molar refractivity (Wildman–Crippen MR) is 100 cm³/mol. The molecule has 4 heteroatoms. The quantitative estimate of drug-likeness (QED) is 0.541. The zero-order chi connectivity index (χ0) is 17.8. The Hall–Kier alpha value is -2.60. The molecule has 0 radical (unpaired) electrons. The molecular weight excluding hydrogens is 353 g/mol. The second-order valence-corrected chi connectivity index (χ2v) is 6.39. The molecule has 25 heavy (non-hydrogen) atoms. The van der Waals surface area contributed by atoms with E-state index in [9.17, 15) is 10.1 Å². The van der Waals surface area contributed by atoms with Crippen LogP contribution in [0, 0.1) is 11.3 Å². The first-order valence-corrected chi connectivity index (χ1v) is 8.40. The van der Waals surface area contributed by atoms with E-state index in [1.54, 1.807) is 54.6 Å². The summed E-state index contributed by atoms with van der Waals surface area (Å²) in [6.07, 6.45) is 0. The molecule has 1 atom stereocenters. The third-order valence-corrected chi connectivity index (χ3v) is 4.51. The Kier molecular flexibility index (Phi) is 5.19. The van der Waals surface area contributed by atoms with Crippen molar-refractivity contribution in [3.05, 3.63) is 105 Å². The molecule has 0 saturated heterocycles. The number of nitrogens with zero attached hydrogens (tertiary/aromatic N) is 1. The van der Waals surface area contributed by atoms with Crippen molar-refractivity contribution < 1.29 is 4.79 Å². The molecule has 2 nitrogen and oxygen atoms in total. The Morgan fingerprint density at radius 2 is 1.52 bits per heavy atom. The van der Waals surface area contributed by atoms with Gasteiger partial charge in [-0.25, -0.2) is 0 Å². The minimum Gasteiger partial charge on any atom is -0.289 e. The molecule has 3 aromatic rings. The minimum atomic E-state index is -0.523. The first kappa shape index (κ1) is 17.2. The first-order valence-electron chi connectivity index (χ1n) is 7.64. The molecule has 0 amide bonds. The molecule has 0 spiro atoms. The third kappa shape index (κ3) is 3.74. The van der Waals surface area contributed by atoms with Gasteiger partial charge in [0.05, 0.1) is 12.0 Å². The maximum atomic E-state index is 12.5. The zero-order valence-electron chi connectivity index (χ0n) is 13.1. The maximum Gasteiger partial charge on any atom is 0.193 e. The van der Waals surface area contributed by atoms with Gasteiger partial charge in [0.1, 0.15) is 0 Å². The van der Waals surface area contributed by atoms with Crippen LogP contribution >= 0.6 is 23.2 Å². The van der Waals surface area contributed by atoms with Crippen LogP contribution in [0.5, 0.6) is 0 Å². The van der Waals surface area contributed by atoms with Crippen molar-refractivity contribution >= 4 is 29.0 Å². The molecule has 0 bridgehead atoms. The highest BCUT2D eigenvalue weighted by atomic mass is 35.5. The summed E-state index contributed by atoms with van der Waals surface area (Å²) >= 11 is 12.1. The molecule has 122 valence electrons. The summed E-state index contributed by atoms with van der Waals surface area (Å²) in [5.41, 5.74) is 2.67. The molecule has 3 rings (SSSR count). The van der Waals surface area contributed by atoms with Gasteiger partial charge < -0.3 is 0 Å². The van der Waals surface area contributed by atoms with Crippen LogP contribution in [0.3, 0.4) is 0 Å². The summed E-state index contributed by atoms with van der Waals surface area (Å²) in [5, 5.41) is 10.5. The molecule has 0 saturated carbocycles. The van der Waals surface area contributed by atoms with E-state index in [2.05, 4.69) is 6.07 Å². The SMILES string of the molecule is N#C[C@@H](c1ccc(C(=O)c2ccccc2)cc1)c1ccc(Cl)cc1Cl. The molecule has 0 aromatic heterocycles. The number of rotatable bonds is 4. The summed E-state index contributed by atoms with van der Waals surface area (Å²) in [4.78, 5) is 12.5. The van der Waals surface area contributed by atoms with Crippen molar-refractivity contribution in [1.82, 2.24) is 0 Å². The number of hydrogen-bond donors (Lipinski definition) is 0. The molecule has 0 N–H and O–H groups in total. The van der Waals surface area contributed by atoms with Crippen LogP contribution in [0.25, 0.3) is 0 Å². The van der Waals surface area contributed by atoms with Crippen molar-refractivity contribution in [2.75, 3.05) is 0 Å². The van der Waals surface area contributed by atoms with Crippen LogP contribution in [0.4, 0.5) is 0 Å². The lowest BCUT2D eigenvalue weighted by atomic mass is 9.91. The first-order chi connectivity index (χ1) is 12.1. The lowest BCUT2D eigenvalue weighted by Gasteiger charge is -2.12. The molecule has 0 heterocycles. The van der Waals surface area contributed by atoms with E-state index < -0.39 is 5.92 Å². The van der Waals surface area contributed by atoms with Gasteiger partial charge in [0.15, 0.2) is 5.78 Å². The smallest absolute Gasteiger partial charge is 0.193 e. The second-order valence-electron chi connectivity index (χ2n) is 5.55. The van der Waals surface area contributed by atoms with E-state index in [-0.39, 0.29) is 5.78 Å². The summed E-state index contributed by atoms with van der Waals surface area (Å²) < 4.78 is 0. The van der Waals surface area contributed by atoms with Crippen molar-refractivity contribution in [2.45, 2.75) is 5.92 Å². The van der Waals surface area contributed by atoms with Gasteiger partial charge in [-0.05, 0) is 23.3 Å². The molecule has 0 aliphatic carbocycles. The number of halogens is 2. The van der Waals surface area contributed by atoms with E-state index in [0.29, 0.717) is 26.7 Å². The second kappa shape index (κ2) is 7.53. The highest BCUT2D eigenvalue weighted by Gasteiger charge is 2.17. The standard InChI is InChI=1S/C21H13Cl2NO/c22-17-10-11-18(20(23)12-17)19(13-24)14-6-8-16(9-7-14)21(25)15-4-2-1-3-5-15/h1-12,19H/t19-/m0/s1. The third-order valence-electron chi connectivity index (χ3n) is 3.94. The van der Waals surface area contributed by atoms with Crippen LogP contribution in [0.1, 0.15) is 33.0 Å². The molecule has 0 fully saturated rings. The predicted octanol–water partition coefficient (Wildman–Crippen LogP) is 5.88. The van der Waals surface area contributed by atoms with E-state index in [1.165, 1.54) is 0 Å². The highest BCUT2D eigenvalue weighted by molar-refractivity contribution is 6.35. The summed E-state index contributed by atoms with van der Waals surface area (Å²) in [6.45, 7) is 0. The Bertz CT molecular complexity index is 944. The van der Waals surface area contributed by atoms with Crippen molar-refractivity contribution in [2.24, 2.45) is 0 Å². The lowest BCUT2D eigenvalue weighted by molar-refractivity contribution is 0.103. The number of ketones is 1. The summed E-state index contributed by atoms with van der Waals surface area (Å²) in [7, 11) is 0. The fraction of sp³-hybridized carbons (Fsp3) is 0.0476. The van der Waals surface area contributed by atoms with Crippen molar-refractivity contribution in [1.29, 1.82) is 5.26 Å². The Labute approximate surface area is 156 Å². The van der Waals surface area contributed by atoms with Gasteiger partial charge in [-0.1, -0.05) is 83.9 Å². The Morgan fingerprint density at radius 1 is 0.880 bits per heavy atom. The van der Waals surface area contributed by atoms with Gasteiger partial charge >= 0.3 is 0 Å². The molecule has 0 unspecified atom stereocenters. The fourth-order valence-electron chi connectivity index (χ4n) is 2.64. The van der Waals surface area contributed by atoms with E-state index in [1.807, 2.05) is 18.2 Å². The summed E-state index contributed by atoms with van der Waals surface area (Å²) in [5.74, 6) is -0.573. The fourth-order valence-corrected chi connectivity index (χ4v) is 3.16. The largest absolute Gasteiger partial charge is 0.289 e. The number of carbonyl (C=O) groups is 1. The van der Waals surface area contributed by atoms with Crippen LogP contribution in [0.15, 0.2) is 72.8 Å².